The van der Waals surface area contributed by atoms with Crippen molar-refractivity contribution in [3.05, 3.63) is 18.2 Å². The van der Waals surface area contributed by atoms with Gasteiger partial charge >= 0.3 is 0 Å². The van der Waals surface area contributed by atoms with Gasteiger partial charge in [0.2, 0.25) is 0 Å². The van der Waals surface area contributed by atoms with Crippen molar-refractivity contribution in [1.82, 2.24) is 14.9 Å². The van der Waals surface area contributed by atoms with Crippen molar-refractivity contribution in [2.24, 2.45) is 0 Å². The van der Waals surface area contributed by atoms with Crippen LogP contribution in [0.3, 0.4) is 0 Å². The molecular weight excluding hydrogens is 190 g/mol. The van der Waals surface area contributed by atoms with Crippen molar-refractivity contribution in [3.8, 4) is 0 Å². The molecule has 0 bridgehead atoms. The summed E-state index contributed by atoms with van der Waals surface area (Å²) in [7, 11) is 0. The van der Waals surface area contributed by atoms with E-state index in [1.54, 1.807) is 0 Å². The van der Waals surface area contributed by atoms with Crippen LogP contribution in [0.5, 0.6) is 0 Å². The van der Waals surface area contributed by atoms with Crippen molar-refractivity contribution >= 4 is 0 Å². The standard InChI is InChI=1S/C11H19N3O/c1-9(15)4-5-12-6-11-7-13-8-14(11)10-2-3-10/h7-10,12,15H,2-6H2,1H3. The van der Waals surface area contributed by atoms with E-state index in [0.717, 1.165) is 19.5 Å². The van der Waals surface area contributed by atoms with E-state index < -0.39 is 0 Å². The Morgan fingerprint density at radius 3 is 3.13 bits per heavy atom. The summed E-state index contributed by atoms with van der Waals surface area (Å²) >= 11 is 0. The van der Waals surface area contributed by atoms with E-state index in [-0.39, 0.29) is 6.10 Å². The van der Waals surface area contributed by atoms with Crippen molar-refractivity contribution in [2.75, 3.05) is 6.54 Å². The Bertz CT molecular complexity index is 305. The summed E-state index contributed by atoms with van der Waals surface area (Å²) in [5, 5.41) is 12.4. The van der Waals surface area contributed by atoms with E-state index in [1.807, 2.05) is 19.4 Å². The maximum atomic E-state index is 9.10. The number of aliphatic hydroxyl groups is 1. The Morgan fingerprint density at radius 1 is 1.67 bits per heavy atom. The molecular formula is C11H19N3O. The van der Waals surface area contributed by atoms with E-state index in [1.165, 1.54) is 18.5 Å². The van der Waals surface area contributed by atoms with Gasteiger partial charge in [-0.1, -0.05) is 0 Å². The molecule has 1 aromatic rings. The quantitative estimate of drug-likeness (QED) is 0.689. The summed E-state index contributed by atoms with van der Waals surface area (Å²) in [6, 6.07) is 0.695. The molecule has 84 valence electrons. The molecule has 1 saturated carbocycles. The SMILES string of the molecule is CC(O)CCNCc1cncn1C1CC1. The monoisotopic (exact) mass is 209 g/mol. The van der Waals surface area contributed by atoms with Gasteiger partial charge in [-0.25, -0.2) is 4.98 Å². The Morgan fingerprint density at radius 2 is 2.47 bits per heavy atom. The Labute approximate surface area is 90.3 Å². The number of nitrogens with zero attached hydrogens (tertiary/aromatic N) is 2. The van der Waals surface area contributed by atoms with E-state index in [2.05, 4.69) is 14.9 Å². The van der Waals surface area contributed by atoms with Crippen LogP contribution in [0.1, 0.15) is 37.9 Å². The maximum Gasteiger partial charge on any atom is 0.0951 e. The topological polar surface area (TPSA) is 50.1 Å². The lowest BCUT2D eigenvalue weighted by molar-refractivity contribution is 0.183. The smallest absolute Gasteiger partial charge is 0.0951 e. The predicted molar refractivity (Wildman–Crippen MR) is 58.5 cm³/mol. The molecule has 0 saturated heterocycles. The summed E-state index contributed by atoms with van der Waals surface area (Å²) in [6.07, 6.45) is 7.01. The van der Waals surface area contributed by atoms with Crippen molar-refractivity contribution < 1.29 is 5.11 Å². The molecule has 1 unspecified atom stereocenters. The van der Waals surface area contributed by atoms with Crippen molar-refractivity contribution in [2.45, 2.75) is 44.9 Å². The van der Waals surface area contributed by atoms with Crippen molar-refractivity contribution in [1.29, 1.82) is 0 Å². The van der Waals surface area contributed by atoms with E-state index in [9.17, 15) is 0 Å². The summed E-state index contributed by atoms with van der Waals surface area (Å²) in [4.78, 5) is 4.17. The highest BCUT2D eigenvalue weighted by atomic mass is 16.3. The van der Waals surface area contributed by atoms with Gasteiger partial charge < -0.3 is 15.0 Å². The fourth-order valence-electron chi connectivity index (χ4n) is 1.68. The Kier molecular flexibility index (Phi) is 3.38. The van der Waals surface area contributed by atoms with E-state index in [0.29, 0.717) is 6.04 Å². The molecule has 1 fully saturated rings. The number of rotatable bonds is 6. The average molecular weight is 209 g/mol. The molecule has 1 aliphatic rings. The maximum absolute atomic E-state index is 9.10. The van der Waals surface area contributed by atoms with Gasteiger partial charge in [0.25, 0.3) is 0 Å². The Hall–Kier alpha value is -0.870. The van der Waals surface area contributed by atoms with Gasteiger partial charge in [0.15, 0.2) is 0 Å². The van der Waals surface area contributed by atoms with Gasteiger partial charge in [-0.3, -0.25) is 0 Å². The van der Waals surface area contributed by atoms with Gasteiger partial charge in [-0.2, -0.15) is 0 Å². The minimum Gasteiger partial charge on any atom is -0.393 e. The van der Waals surface area contributed by atoms with Crippen LogP contribution in [0.25, 0.3) is 0 Å². The van der Waals surface area contributed by atoms with Crippen molar-refractivity contribution in [3.63, 3.8) is 0 Å². The second kappa shape index (κ2) is 4.77. The normalized spacial score (nSPS) is 18.0. The minimum absolute atomic E-state index is 0.217. The third kappa shape index (κ3) is 3.04. The first-order valence-electron chi connectivity index (χ1n) is 5.67. The third-order valence-electron chi connectivity index (χ3n) is 2.73. The van der Waals surface area contributed by atoms with Crippen LogP contribution >= 0.6 is 0 Å². The molecule has 1 heterocycles. The molecule has 15 heavy (non-hydrogen) atoms. The fraction of sp³-hybridized carbons (Fsp3) is 0.727. The molecule has 1 aliphatic carbocycles. The second-order valence-electron chi connectivity index (χ2n) is 4.34. The first kappa shape index (κ1) is 10.6. The molecule has 2 rings (SSSR count). The molecule has 0 aliphatic heterocycles. The van der Waals surface area contributed by atoms with Gasteiger partial charge in [0, 0.05) is 18.8 Å². The third-order valence-corrected chi connectivity index (χ3v) is 2.73. The number of hydrogen-bond donors (Lipinski definition) is 2. The number of imidazole rings is 1. The highest BCUT2D eigenvalue weighted by Crippen LogP contribution is 2.35. The zero-order chi connectivity index (χ0) is 10.7. The fourth-order valence-corrected chi connectivity index (χ4v) is 1.68. The number of aromatic nitrogens is 2. The number of aliphatic hydroxyl groups excluding tert-OH is 1. The zero-order valence-corrected chi connectivity index (χ0v) is 9.19. The summed E-state index contributed by atoms with van der Waals surface area (Å²) < 4.78 is 2.26. The molecule has 0 amide bonds. The van der Waals surface area contributed by atoms with Gasteiger partial charge in [-0.05, 0) is 32.7 Å². The molecule has 0 spiro atoms. The lowest BCUT2D eigenvalue weighted by Crippen LogP contribution is -2.20. The highest BCUT2D eigenvalue weighted by molar-refractivity contribution is 5.03. The van der Waals surface area contributed by atoms with E-state index >= 15 is 0 Å². The lowest BCUT2D eigenvalue weighted by atomic mass is 10.3. The second-order valence-corrected chi connectivity index (χ2v) is 4.34. The predicted octanol–water partition coefficient (Wildman–Crippen LogP) is 1.08. The van der Waals surface area contributed by atoms with Crippen LogP contribution in [0.15, 0.2) is 12.5 Å². The molecule has 4 heteroatoms. The molecule has 1 atom stereocenters. The molecule has 0 aromatic carbocycles. The Balaban J connectivity index is 1.75. The highest BCUT2D eigenvalue weighted by Gasteiger charge is 2.24. The van der Waals surface area contributed by atoms with Crippen LogP contribution in [-0.2, 0) is 6.54 Å². The van der Waals surface area contributed by atoms with Crippen LogP contribution in [0, 0.1) is 0 Å². The van der Waals surface area contributed by atoms with Crippen LogP contribution in [0.4, 0.5) is 0 Å². The first-order valence-corrected chi connectivity index (χ1v) is 5.67. The zero-order valence-electron chi connectivity index (χ0n) is 9.19. The van der Waals surface area contributed by atoms with Gasteiger partial charge in [0.05, 0.1) is 18.1 Å². The molecule has 1 aromatic heterocycles. The van der Waals surface area contributed by atoms with Crippen LogP contribution in [-0.4, -0.2) is 27.3 Å². The molecule has 4 nitrogen and oxygen atoms in total. The van der Waals surface area contributed by atoms with E-state index in [4.69, 9.17) is 5.11 Å². The van der Waals surface area contributed by atoms with Crippen LogP contribution in [0.2, 0.25) is 0 Å². The first-order chi connectivity index (χ1) is 7.27. The summed E-state index contributed by atoms with van der Waals surface area (Å²) in [5.74, 6) is 0. The number of nitrogens with one attached hydrogen (secondary N) is 1. The average Bonchev–Trinajstić information content (AvgIpc) is 2.93. The molecule has 0 radical (unpaired) electrons. The summed E-state index contributed by atoms with van der Waals surface area (Å²) in [5.41, 5.74) is 1.25. The molecule has 2 N–H and O–H groups in total. The lowest BCUT2D eigenvalue weighted by Gasteiger charge is -2.08. The number of hydrogen-bond acceptors (Lipinski definition) is 3. The minimum atomic E-state index is -0.217. The van der Waals surface area contributed by atoms with Crippen LogP contribution < -0.4 is 5.32 Å². The summed E-state index contributed by atoms with van der Waals surface area (Å²) in [6.45, 7) is 3.52. The largest absolute Gasteiger partial charge is 0.393 e. The van der Waals surface area contributed by atoms with Gasteiger partial charge in [0.1, 0.15) is 0 Å². The van der Waals surface area contributed by atoms with Gasteiger partial charge in [-0.15, -0.1) is 0 Å².